The molecule has 338 valence electrons. The van der Waals surface area contributed by atoms with Crippen LogP contribution in [0.15, 0.2) is 0 Å². The van der Waals surface area contributed by atoms with E-state index in [0.717, 1.165) is 63.7 Å². The molecule has 0 aromatic heterocycles. The van der Waals surface area contributed by atoms with Gasteiger partial charge in [0.25, 0.3) is 0 Å². The number of esters is 3. The van der Waals surface area contributed by atoms with Crippen molar-refractivity contribution in [3.63, 3.8) is 0 Å². The molecule has 0 aliphatic rings. The smallest absolute Gasteiger partial charge is 0.306 e. The zero-order chi connectivity index (χ0) is 41.7. The Kier molecular flexibility index (Phi) is 44.2. The highest BCUT2D eigenvalue weighted by molar-refractivity contribution is 5.71. The van der Waals surface area contributed by atoms with Crippen molar-refractivity contribution in [2.45, 2.75) is 291 Å². The van der Waals surface area contributed by atoms with E-state index in [0.29, 0.717) is 19.3 Å². The van der Waals surface area contributed by atoms with Gasteiger partial charge < -0.3 is 14.2 Å². The Bertz CT molecular complexity index is 857. The Hall–Kier alpha value is -1.59. The van der Waals surface area contributed by atoms with Gasteiger partial charge in [0.15, 0.2) is 6.10 Å². The lowest BCUT2D eigenvalue weighted by molar-refractivity contribution is -0.167. The van der Waals surface area contributed by atoms with Crippen molar-refractivity contribution in [1.29, 1.82) is 0 Å². The van der Waals surface area contributed by atoms with E-state index in [1.165, 1.54) is 180 Å². The van der Waals surface area contributed by atoms with E-state index < -0.39 is 6.10 Å². The Morgan fingerprint density at radius 3 is 0.860 bits per heavy atom. The zero-order valence-corrected chi connectivity index (χ0v) is 38.8. The zero-order valence-electron chi connectivity index (χ0n) is 38.8. The van der Waals surface area contributed by atoms with Gasteiger partial charge in [-0.2, -0.15) is 0 Å². The predicted molar refractivity (Wildman–Crippen MR) is 243 cm³/mol. The molecule has 6 nitrogen and oxygen atoms in total. The maximum absolute atomic E-state index is 12.8. The lowest BCUT2D eigenvalue weighted by atomic mass is 10.0. The lowest BCUT2D eigenvalue weighted by Crippen LogP contribution is -2.30. The molecule has 0 aromatic rings. The Balaban J connectivity index is 4.29. The van der Waals surface area contributed by atoms with Crippen molar-refractivity contribution < 1.29 is 28.6 Å². The third-order valence-corrected chi connectivity index (χ3v) is 11.5. The largest absolute Gasteiger partial charge is 0.462 e. The molecule has 0 spiro atoms. The molecule has 0 radical (unpaired) electrons. The summed E-state index contributed by atoms with van der Waals surface area (Å²) in [5.74, 6) is -0.0201. The fraction of sp³-hybridized carbons (Fsp3) is 0.941. The summed E-state index contributed by atoms with van der Waals surface area (Å²) in [7, 11) is 0. The van der Waals surface area contributed by atoms with Crippen LogP contribution in [-0.4, -0.2) is 37.2 Å². The van der Waals surface area contributed by atoms with E-state index in [2.05, 4.69) is 27.7 Å². The predicted octanol–water partition coefficient (Wildman–Crippen LogP) is 16.3. The molecular formula is C51H98O6. The standard InChI is InChI=1S/C51H98O6/c1-5-7-9-11-13-15-17-18-19-20-23-28-32-36-40-44-51(54)57-48(45-55-49(52)42-38-34-30-26-16-14-12-10-8-6-2)46-56-50(53)43-39-35-31-27-24-21-22-25-29-33-37-41-47(3)4/h47-48H,5-46H2,1-4H3/t48-/m0/s1. The fourth-order valence-electron chi connectivity index (χ4n) is 7.69. The van der Waals surface area contributed by atoms with Crippen LogP contribution in [0.5, 0.6) is 0 Å². The van der Waals surface area contributed by atoms with E-state index >= 15 is 0 Å². The first-order valence-corrected chi connectivity index (χ1v) is 25.4. The van der Waals surface area contributed by atoms with Gasteiger partial charge in [0, 0.05) is 19.3 Å². The summed E-state index contributed by atoms with van der Waals surface area (Å²) in [5.41, 5.74) is 0. The highest BCUT2D eigenvalue weighted by Crippen LogP contribution is 2.17. The van der Waals surface area contributed by atoms with Crippen LogP contribution in [0.1, 0.15) is 285 Å². The number of ether oxygens (including phenoxy) is 3. The van der Waals surface area contributed by atoms with Gasteiger partial charge in [-0.25, -0.2) is 0 Å². The lowest BCUT2D eigenvalue weighted by Gasteiger charge is -2.18. The maximum atomic E-state index is 12.8. The Morgan fingerprint density at radius 1 is 0.333 bits per heavy atom. The number of hydrogen-bond acceptors (Lipinski definition) is 6. The highest BCUT2D eigenvalue weighted by atomic mass is 16.6. The summed E-state index contributed by atoms with van der Waals surface area (Å²) in [4.78, 5) is 37.9. The SMILES string of the molecule is CCCCCCCCCCCCCCCCCC(=O)O[C@@H](COC(=O)CCCCCCCCCCCC)COC(=O)CCCCCCCCCCCCCC(C)C. The van der Waals surface area contributed by atoms with Gasteiger partial charge in [0.05, 0.1) is 0 Å². The minimum atomic E-state index is -0.760. The van der Waals surface area contributed by atoms with Crippen molar-refractivity contribution in [2.75, 3.05) is 13.2 Å². The topological polar surface area (TPSA) is 78.9 Å². The molecule has 1 atom stereocenters. The van der Waals surface area contributed by atoms with Crippen molar-refractivity contribution in [3.05, 3.63) is 0 Å². The molecule has 0 heterocycles. The second-order valence-electron chi connectivity index (χ2n) is 17.9. The van der Waals surface area contributed by atoms with Crippen molar-refractivity contribution >= 4 is 17.9 Å². The second-order valence-corrected chi connectivity index (χ2v) is 17.9. The summed E-state index contributed by atoms with van der Waals surface area (Å²) in [6.07, 6.45) is 46.5. The van der Waals surface area contributed by atoms with Crippen molar-refractivity contribution in [3.8, 4) is 0 Å². The van der Waals surface area contributed by atoms with E-state index in [-0.39, 0.29) is 31.1 Å². The van der Waals surface area contributed by atoms with Crippen LogP contribution in [0.25, 0.3) is 0 Å². The van der Waals surface area contributed by atoms with Gasteiger partial charge in [-0.15, -0.1) is 0 Å². The molecule has 0 aliphatic carbocycles. The Morgan fingerprint density at radius 2 is 0.579 bits per heavy atom. The molecule has 0 bridgehead atoms. The van der Waals surface area contributed by atoms with Crippen LogP contribution >= 0.6 is 0 Å². The average Bonchev–Trinajstić information content (AvgIpc) is 3.19. The summed E-state index contributed by atoms with van der Waals surface area (Å²) in [6.45, 7) is 9.01. The van der Waals surface area contributed by atoms with Gasteiger partial charge in [-0.3, -0.25) is 14.4 Å². The molecule has 57 heavy (non-hydrogen) atoms. The van der Waals surface area contributed by atoms with Crippen molar-refractivity contribution in [1.82, 2.24) is 0 Å². The highest BCUT2D eigenvalue weighted by Gasteiger charge is 2.19. The van der Waals surface area contributed by atoms with Gasteiger partial charge in [0.1, 0.15) is 13.2 Å². The first kappa shape index (κ1) is 55.4. The van der Waals surface area contributed by atoms with Crippen LogP contribution < -0.4 is 0 Å². The number of carbonyl (C=O) groups is 3. The second kappa shape index (κ2) is 45.5. The molecule has 0 fully saturated rings. The summed E-state index contributed by atoms with van der Waals surface area (Å²) in [5, 5.41) is 0. The molecule has 6 heteroatoms. The molecule has 0 unspecified atom stereocenters. The van der Waals surface area contributed by atoms with Crippen LogP contribution in [0, 0.1) is 5.92 Å². The summed E-state index contributed by atoms with van der Waals surface area (Å²) >= 11 is 0. The first-order chi connectivity index (χ1) is 27.9. The van der Waals surface area contributed by atoms with Gasteiger partial charge in [-0.1, -0.05) is 246 Å². The quantitative estimate of drug-likeness (QED) is 0.0346. The number of unbranched alkanes of at least 4 members (excludes halogenated alkanes) is 33. The van der Waals surface area contributed by atoms with E-state index in [4.69, 9.17) is 14.2 Å². The molecule has 0 rings (SSSR count). The minimum Gasteiger partial charge on any atom is -0.462 e. The maximum Gasteiger partial charge on any atom is 0.306 e. The first-order valence-electron chi connectivity index (χ1n) is 25.4. The van der Waals surface area contributed by atoms with Crippen LogP contribution in [-0.2, 0) is 28.6 Å². The van der Waals surface area contributed by atoms with E-state index in [9.17, 15) is 14.4 Å². The molecule has 0 saturated carbocycles. The summed E-state index contributed by atoms with van der Waals surface area (Å²) < 4.78 is 16.8. The minimum absolute atomic E-state index is 0.0631. The van der Waals surface area contributed by atoms with Gasteiger partial charge in [0.2, 0.25) is 0 Å². The van der Waals surface area contributed by atoms with E-state index in [1.807, 2.05) is 0 Å². The average molecular weight is 807 g/mol. The van der Waals surface area contributed by atoms with Gasteiger partial charge in [-0.05, 0) is 25.2 Å². The molecular weight excluding hydrogens is 709 g/mol. The third kappa shape index (κ3) is 45.3. The van der Waals surface area contributed by atoms with Crippen molar-refractivity contribution in [2.24, 2.45) is 5.92 Å². The van der Waals surface area contributed by atoms with Crippen LogP contribution in [0.2, 0.25) is 0 Å². The van der Waals surface area contributed by atoms with Crippen LogP contribution in [0.4, 0.5) is 0 Å². The molecule has 0 aliphatic heterocycles. The normalized spacial score (nSPS) is 11.9. The monoisotopic (exact) mass is 807 g/mol. The molecule has 0 aromatic carbocycles. The number of rotatable bonds is 46. The fourth-order valence-corrected chi connectivity index (χ4v) is 7.69. The molecule has 0 N–H and O–H groups in total. The Labute approximate surface area is 355 Å². The molecule has 0 saturated heterocycles. The summed E-state index contributed by atoms with van der Waals surface area (Å²) in [6, 6.07) is 0. The number of carbonyl (C=O) groups excluding carboxylic acids is 3. The van der Waals surface area contributed by atoms with Crippen LogP contribution in [0.3, 0.4) is 0 Å². The van der Waals surface area contributed by atoms with Gasteiger partial charge >= 0.3 is 17.9 Å². The number of hydrogen-bond donors (Lipinski definition) is 0. The third-order valence-electron chi connectivity index (χ3n) is 11.5. The molecule has 0 amide bonds. The van der Waals surface area contributed by atoms with E-state index in [1.54, 1.807) is 0 Å².